The molecule has 0 saturated carbocycles. The number of hydrogen-bond donors (Lipinski definition) is 0. The van der Waals surface area contributed by atoms with E-state index in [4.69, 9.17) is 0 Å². The molecule has 0 atom stereocenters. The van der Waals surface area contributed by atoms with E-state index >= 15 is 0 Å². The average molecular weight is 304 g/mol. The van der Waals surface area contributed by atoms with Crippen molar-refractivity contribution in [1.82, 2.24) is 20.2 Å². The Morgan fingerprint density at radius 1 is 1.00 bits per heavy atom. The molecule has 3 rings (SSSR count). The fourth-order valence-corrected chi connectivity index (χ4v) is 2.61. The number of para-hydroxylation sites is 1. The molecule has 0 bridgehead atoms. The maximum absolute atomic E-state index is 13.8. The van der Waals surface area contributed by atoms with Crippen LogP contribution >= 0.6 is 11.8 Å². The lowest BCUT2D eigenvalue weighted by Crippen LogP contribution is -2.01. The number of tetrazole rings is 1. The Morgan fingerprint density at radius 2 is 1.76 bits per heavy atom. The Hall–Kier alpha value is -2.28. The minimum Gasteiger partial charge on any atom is -0.207 e. The van der Waals surface area contributed by atoms with Crippen LogP contribution in [-0.2, 0) is 5.75 Å². The van der Waals surface area contributed by atoms with Gasteiger partial charge in [-0.2, -0.15) is 4.68 Å². The highest BCUT2D eigenvalue weighted by molar-refractivity contribution is 7.98. The monoisotopic (exact) mass is 304 g/mol. The molecule has 4 nitrogen and oxygen atoms in total. The summed E-state index contributed by atoms with van der Waals surface area (Å²) >= 11 is 1.35. The van der Waals surface area contributed by atoms with Crippen LogP contribution in [-0.4, -0.2) is 20.2 Å². The van der Waals surface area contributed by atoms with Crippen molar-refractivity contribution in [3.05, 3.63) is 65.7 Å². The molecule has 106 valence electrons. The largest absolute Gasteiger partial charge is 0.214 e. The number of rotatable bonds is 4. The number of benzene rings is 2. The van der Waals surface area contributed by atoms with Crippen LogP contribution in [0.3, 0.4) is 0 Å². The van der Waals surface area contributed by atoms with Crippen molar-refractivity contribution in [2.24, 2.45) is 0 Å². The lowest BCUT2D eigenvalue weighted by atomic mass is 10.2. The maximum atomic E-state index is 13.8. The first kappa shape index (κ1) is 13.7. The van der Waals surface area contributed by atoms with E-state index in [2.05, 4.69) is 15.5 Å². The van der Waals surface area contributed by atoms with E-state index in [0.29, 0.717) is 16.6 Å². The molecule has 1 aromatic heterocycles. The number of nitrogens with zero attached hydrogens (tertiary/aromatic N) is 4. The van der Waals surface area contributed by atoms with Gasteiger partial charge in [-0.05, 0) is 40.3 Å². The zero-order valence-corrected chi connectivity index (χ0v) is 11.6. The van der Waals surface area contributed by atoms with Gasteiger partial charge in [0.15, 0.2) is 0 Å². The Morgan fingerprint density at radius 3 is 2.52 bits per heavy atom. The van der Waals surface area contributed by atoms with Crippen molar-refractivity contribution in [2.75, 3.05) is 0 Å². The van der Waals surface area contributed by atoms with Gasteiger partial charge in [0.25, 0.3) is 0 Å². The molecule has 0 spiro atoms. The highest BCUT2D eigenvalue weighted by Gasteiger charge is 2.12. The molecule has 21 heavy (non-hydrogen) atoms. The van der Waals surface area contributed by atoms with Crippen molar-refractivity contribution in [2.45, 2.75) is 10.9 Å². The smallest absolute Gasteiger partial charge is 0.207 e. The molecule has 0 aliphatic rings. The van der Waals surface area contributed by atoms with E-state index in [-0.39, 0.29) is 5.82 Å². The maximum Gasteiger partial charge on any atom is 0.214 e. The molecule has 0 aliphatic heterocycles. The van der Waals surface area contributed by atoms with Crippen molar-refractivity contribution in [3.8, 4) is 5.69 Å². The highest BCUT2D eigenvalue weighted by Crippen LogP contribution is 2.23. The first-order valence-electron chi connectivity index (χ1n) is 6.14. The van der Waals surface area contributed by atoms with Gasteiger partial charge in [0.05, 0.1) is 0 Å². The SMILES string of the molecule is Fc1ccc(CSc2nnnn2-c2ccccc2F)cc1. The first-order chi connectivity index (χ1) is 10.2. The van der Waals surface area contributed by atoms with Crippen LogP contribution in [0.5, 0.6) is 0 Å². The summed E-state index contributed by atoms with van der Waals surface area (Å²) in [5.41, 5.74) is 1.23. The zero-order valence-electron chi connectivity index (χ0n) is 10.8. The molecule has 0 unspecified atom stereocenters. The second-order valence-corrected chi connectivity index (χ2v) is 5.18. The van der Waals surface area contributed by atoms with Crippen molar-refractivity contribution >= 4 is 11.8 Å². The fraction of sp³-hybridized carbons (Fsp3) is 0.0714. The molecule has 0 radical (unpaired) electrons. The number of halogens is 2. The molecular formula is C14H10F2N4S. The lowest BCUT2D eigenvalue weighted by Gasteiger charge is -2.05. The Balaban J connectivity index is 1.80. The molecule has 3 aromatic rings. The summed E-state index contributed by atoms with van der Waals surface area (Å²) in [7, 11) is 0. The quantitative estimate of drug-likeness (QED) is 0.694. The summed E-state index contributed by atoms with van der Waals surface area (Å²) in [6.45, 7) is 0. The molecule has 0 aliphatic carbocycles. The molecule has 0 fully saturated rings. The van der Waals surface area contributed by atoms with E-state index in [1.54, 1.807) is 30.3 Å². The lowest BCUT2D eigenvalue weighted by molar-refractivity contribution is 0.599. The van der Waals surface area contributed by atoms with E-state index in [9.17, 15) is 8.78 Å². The van der Waals surface area contributed by atoms with E-state index < -0.39 is 5.82 Å². The van der Waals surface area contributed by atoms with Gasteiger partial charge in [0.2, 0.25) is 5.16 Å². The van der Waals surface area contributed by atoms with E-state index in [1.807, 2.05) is 0 Å². The van der Waals surface area contributed by atoms with Gasteiger partial charge in [0, 0.05) is 5.75 Å². The summed E-state index contributed by atoms with van der Waals surface area (Å²) in [6, 6.07) is 12.5. The van der Waals surface area contributed by atoms with Crippen LogP contribution in [0.4, 0.5) is 8.78 Å². The third-order valence-electron chi connectivity index (χ3n) is 2.80. The summed E-state index contributed by atoms with van der Waals surface area (Å²) < 4.78 is 28.0. The van der Waals surface area contributed by atoms with Gasteiger partial charge in [0.1, 0.15) is 17.3 Å². The Labute approximate surface area is 123 Å². The molecule has 0 N–H and O–H groups in total. The van der Waals surface area contributed by atoms with Gasteiger partial charge in [-0.3, -0.25) is 0 Å². The topological polar surface area (TPSA) is 43.6 Å². The van der Waals surface area contributed by atoms with Crippen molar-refractivity contribution < 1.29 is 8.78 Å². The van der Waals surface area contributed by atoms with Crippen molar-refractivity contribution in [3.63, 3.8) is 0 Å². The predicted molar refractivity (Wildman–Crippen MR) is 75.1 cm³/mol. The fourth-order valence-electron chi connectivity index (χ4n) is 1.77. The third kappa shape index (κ3) is 3.08. The number of hydrogen-bond acceptors (Lipinski definition) is 4. The van der Waals surface area contributed by atoms with Crippen LogP contribution in [0.25, 0.3) is 5.69 Å². The molecule has 2 aromatic carbocycles. The van der Waals surface area contributed by atoms with Gasteiger partial charge in [-0.25, -0.2) is 8.78 Å². The third-order valence-corrected chi connectivity index (χ3v) is 3.79. The molecular weight excluding hydrogens is 294 g/mol. The normalized spacial score (nSPS) is 10.8. The minimum absolute atomic E-state index is 0.278. The van der Waals surface area contributed by atoms with Crippen LogP contribution in [0.15, 0.2) is 53.7 Å². The Kier molecular flexibility index (Phi) is 3.92. The molecule has 1 heterocycles. The standard InChI is InChI=1S/C14H10F2N4S/c15-11-7-5-10(6-8-11)9-21-14-17-18-19-20(14)13-4-2-1-3-12(13)16/h1-8H,9H2. The second kappa shape index (κ2) is 6.01. The molecule has 0 saturated heterocycles. The second-order valence-electron chi connectivity index (χ2n) is 4.24. The number of thioether (sulfide) groups is 1. The van der Waals surface area contributed by atoms with Crippen LogP contribution in [0.1, 0.15) is 5.56 Å². The van der Waals surface area contributed by atoms with Crippen LogP contribution < -0.4 is 0 Å². The summed E-state index contributed by atoms with van der Waals surface area (Å²) in [6.07, 6.45) is 0. The van der Waals surface area contributed by atoms with Gasteiger partial charge in [-0.1, -0.05) is 36.0 Å². The van der Waals surface area contributed by atoms with Gasteiger partial charge >= 0.3 is 0 Å². The van der Waals surface area contributed by atoms with Crippen molar-refractivity contribution in [1.29, 1.82) is 0 Å². The number of aromatic nitrogens is 4. The minimum atomic E-state index is -0.395. The summed E-state index contributed by atoms with van der Waals surface area (Å²) in [4.78, 5) is 0. The van der Waals surface area contributed by atoms with E-state index in [1.165, 1.54) is 34.6 Å². The predicted octanol–water partition coefficient (Wildman–Crippen LogP) is 3.23. The summed E-state index contributed by atoms with van der Waals surface area (Å²) in [5, 5.41) is 11.8. The van der Waals surface area contributed by atoms with Crippen LogP contribution in [0, 0.1) is 11.6 Å². The summed E-state index contributed by atoms with van der Waals surface area (Å²) in [5.74, 6) is -0.108. The van der Waals surface area contributed by atoms with Gasteiger partial charge < -0.3 is 0 Å². The average Bonchev–Trinajstić information content (AvgIpc) is 2.95. The molecule has 7 heteroatoms. The zero-order chi connectivity index (χ0) is 14.7. The highest BCUT2D eigenvalue weighted by atomic mass is 32.2. The molecule has 0 amide bonds. The first-order valence-corrected chi connectivity index (χ1v) is 7.13. The van der Waals surface area contributed by atoms with Gasteiger partial charge in [-0.15, -0.1) is 5.10 Å². The van der Waals surface area contributed by atoms with Crippen LogP contribution in [0.2, 0.25) is 0 Å². The van der Waals surface area contributed by atoms with E-state index in [0.717, 1.165) is 5.56 Å². The Bertz CT molecular complexity index is 743.